The number of benzene rings is 3. The Morgan fingerprint density at radius 1 is 0.875 bits per heavy atom. The molecule has 0 bridgehead atoms. The lowest BCUT2D eigenvalue weighted by Gasteiger charge is -2.35. The van der Waals surface area contributed by atoms with Crippen LogP contribution in [0.3, 0.4) is 0 Å². The van der Waals surface area contributed by atoms with E-state index >= 15 is 0 Å². The number of thiazole rings is 1. The van der Waals surface area contributed by atoms with Gasteiger partial charge in [0.25, 0.3) is 5.91 Å². The van der Waals surface area contributed by atoms with Gasteiger partial charge in [0, 0.05) is 12.3 Å². The maximum atomic E-state index is 12.9. The molecule has 0 radical (unpaired) electrons. The minimum Gasteiger partial charge on any atom is -0.350 e. The lowest BCUT2D eigenvalue weighted by atomic mass is 9.84. The molecule has 0 spiro atoms. The van der Waals surface area contributed by atoms with Crippen molar-refractivity contribution in [3.63, 3.8) is 0 Å². The van der Waals surface area contributed by atoms with E-state index in [2.05, 4.69) is 83.1 Å². The zero-order valence-corrected chi connectivity index (χ0v) is 20.2. The molecule has 3 nitrogen and oxygen atoms in total. The first kappa shape index (κ1) is 22.6. The molecule has 0 aliphatic rings. The van der Waals surface area contributed by atoms with Gasteiger partial charge in [-0.2, -0.15) is 11.8 Å². The molecule has 0 atom stereocenters. The first-order valence-electron chi connectivity index (χ1n) is 10.3. The van der Waals surface area contributed by atoms with Gasteiger partial charge in [0.05, 0.1) is 14.5 Å². The Labute approximate surface area is 201 Å². The summed E-state index contributed by atoms with van der Waals surface area (Å²) in [6.07, 6.45) is 2.03. The molecule has 1 aromatic heterocycles. The van der Waals surface area contributed by atoms with Crippen molar-refractivity contribution < 1.29 is 4.79 Å². The Morgan fingerprint density at radius 3 is 1.84 bits per heavy atom. The van der Waals surface area contributed by atoms with Crippen LogP contribution in [0.4, 0.5) is 0 Å². The molecule has 6 heteroatoms. The Kier molecular flexibility index (Phi) is 7.68. The fourth-order valence-corrected chi connectivity index (χ4v) is 6.44. The smallest absolute Gasteiger partial charge is 0.271 e. The molecule has 1 heterocycles. The number of carbonyl (C=O) groups excluding carboxylic acids is 1. The van der Waals surface area contributed by atoms with E-state index in [1.165, 1.54) is 11.3 Å². The summed E-state index contributed by atoms with van der Waals surface area (Å²) in [5.74, 6) is 0.756. The molecule has 1 amide bonds. The molecule has 0 fully saturated rings. The molecular formula is C26H24N2OS3. The molecule has 0 aliphatic carbocycles. The predicted octanol–water partition coefficient (Wildman–Crippen LogP) is 6.32. The molecule has 3 aromatic carbocycles. The molecule has 1 N–H and O–H groups in total. The molecule has 4 aromatic rings. The van der Waals surface area contributed by atoms with Crippen molar-refractivity contribution in [1.82, 2.24) is 10.3 Å². The van der Waals surface area contributed by atoms with E-state index < -0.39 is 4.75 Å². The highest BCUT2D eigenvalue weighted by molar-refractivity contribution is 8.02. The summed E-state index contributed by atoms with van der Waals surface area (Å²) in [6.45, 7) is 0.628. The van der Waals surface area contributed by atoms with Crippen LogP contribution in [0.5, 0.6) is 0 Å². The highest BCUT2D eigenvalue weighted by Crippen LogP contribution is 2.53. The molecule has 0 saturated heterocycles. The fraction of sp³-hybridized carbons (Fsp3) is 0.154. The molecule has 0 saturated carbocycles. The van der Waals surface area contributed by atoms with Crippen LogP contribution in [0.2, 0.25) is 0 Å². The number of thioether (sulfide) groups is 2. The summed E-state index contributed by atoms with van der Waals surface area (Å²) >= 11 is 4.91. The number of hydrogen-bond acceptors (Lipinski definition) is 5. The van der Waals surface area contributed by atoms with Crippen molar-refractivity contribution in [2.24, 2.45) is 0 Å². The second-order valence-corrected chi connectivity index (χ2v) is 10.4. The van der Waals surface area contributed by atoms with Gasteiger partial charge in [0.1, 0.15) is 0 Å². The van der Waals surface area contributed by atoms with Gasteiger partial charge in [0.15, 0.2) is 5.69 Å². The van der Waals surface area contributed by atoms with E-state index in [1.807, 2.05) is 24.5 Å². The monoisotopic (exact) mass is 476 g/mol. The fourth-order valence-electron chi connectivity index (χ4n) is 3.64. The summed E-state index contributed by atoms with van der Waals surface area (Å²) in [6, 6.07) is 31.5. The van der Waals surface area contributed by atoms with E-state index in [0.717, 1.165) is 26.7 Å². The van der Waals surface area contributed by atoms with E-state index in [9.17, 15) is 4.79 Å². The normalized spacial score (nSPS) is 11.3. The minimum atomic E-state index is -0.523. The molecule has 0 aliphatic heterocycles. The predicted molar refractivity (Wildman–Crippen MR) is 138 cm³/mol. The number of aromatic nitrogens is 1. The zero-order valence-electron chi connectivity index (χ0n) is 17.7. The number of hydrogen-bond donors (Lipinski definition) is 1. The SMILES string of the molecule is CSCCNC(=O)c1ncsc1SC(c1ccccc1)(c1ccccc1)c1ccccc1. The van der Waals surface area contributed by atoms with E-state index in [-0.39, 0.29) is 5.91 Å². The highest BCUT2D eigenvalue weighted by atomic mass is 32.2. The van der Waals surface area contributed by atoms with Crippen LogP contribution in [-0.4, -0.2) is 29.4 Å². The lowest BCUT2D eigenvalue weighted by Crippen LogP contribution is -2.28. The van der Waals surface area contributed by atoms with Crippen LogP contribution in [0.1, 0.15) is 27.2 Å². The van der Waals surface area contributed by atoms with Crippen LogP contribution in [-0.2, 0) is 4.75 Å². The van der Waals surface area contributed by atoms with Gasteiger partial charge in [0.2, 0.25) is 0 Å². The summed E-state index contributed by atoms with van der Waals surface area (Å²) in [4.78, 5) is 17.3. The van der Waals surface area contributed by atoms with E-state index in [1.54, 1.807) is 29.0 Å². The largest absolute Gasteiger partial charge is 0.350 e. The average molecular weight is 477 g/mol. The van der Waals surface area contributed by atoms with Gasteiger partial charge in [-0.1, -0.05) is 103 Å². The van der Waals surface area contributed by atoms with E-state index in [0.29, 0.717) is 12.2 Å². The van der Waals surface area contributed by atoms with Gasteiger partial charge in [-0.3, -0.25) is 4.79 Å². The number of carbonyl (C=O) groups is 1. The minimum absolute atomic E-state index is 0.120. The average Bonchev–Trinajstić information content (AvgIpc) is 3.32. The second kappa shape index (κ2) is 10.9. The first-order chi connectivity index (χ1) is 15.8. The quantitative estimate of drug-likeness (QED) is 0.174. The maximum Gasteiger partial charge on any atom is 0.271 e. The Morgan fingerprint density at radius 2 is 1.38 bits per heavy atom. The van der Waals surface area contributed by atoms with Gasteiger partial charge < -0.3 is 5.32 Å². The Hall–Kier alpha value is -2.54. The van der Waals surface area contributed by atoms with Gasteiger partial charge >= 0.3 is 0 Å². The van der Waals surface area contributed by atoms with Gasteiger partial charge in [-0.15, -0.1) is 11.3 Å². The lowest BCUT2D eigenvalue weighted by molar-refractivity contribution is 0.0949. The van der Waals surface area contributed by atoms with Crippen molar-refractivity contribution in [3.05, 3.63) is 119 Å². The van der Waals surface area contributed by atoms with Gasteiger partial charge in [-0.05, 0) is 22.9 Å². The van der Waals surface area contributed by atoms with Crippen LogP contribution >= 0.6 is 34.9 Å². The third-order valence-corrected chi connectivity index (χ3v) is 8.29. The number of nitrogens with one attached hydrogen (secondary N) is 1. The van der Waals surface area contributed by atoms with Crippen molar-refractivity contribution in [2.75, 3.05) is 18.6 Å². The summed E-state index contributed by atoms with van der Waals surface area (Å²) in [7, 11) is 0. The Bertz CT molecular complexity index is 1030. The summed E-state index contributed by atoms with van der Waals surface area (Å²) < 4.78 is 0.383. The zero-order chi connectivity index (χ0) is 22.2. The Balaban J connectivity index is 1.85. The van der Waals surface area contributed by atoms with Crippen LogP contribution in [0, 0.1) is 0 Å². The standard InChI is InChI=1S/C26H24N2OS3/c1-30-18-17-27-24(29)23-25(31-19-28-23)32-26(20-11-5-2-6-12-20,21-13-7-3-8-14-21)22-15-9-4-10-16-22/h2-16,19H,17-18H2,1H3,(H,27,29). The topological polar surface area (TPSA) is 42.0 Å². The van der Waals surface area contributed by atoms with Crippen molar-refractivity contribution in [3.8, 4) is 0 Å². The van der Waals surface area contributed by atoms with Crippen LogP contribution in [0.15, 0.2) is 101 Å². The van der Waals surface area contributed by atoms with Crippen LogP contribution in [0.25, 0.3) is 0 Å². The van der Waals surface area contributed by atoms with Crippen molar-refractivity contribution in [2.45, 2.75) is 8.96 Å². The summed E-state index contributed by atoms with van der Waals surface area (Å²) in [5, 5.41) is 3.00. The van der Waals surface area contributed by atoms with Crippen molar-refractivity contribution >= 4 is 40.8 Å². The highest BCUT2D eigenvalue weighted by Gasteiger charge is 2.39. The third-order valence-electron chi connectivity index (χ3n) is 5.13. The van der Waals surface area contributed by atoms with Crippen molar-refractivity contribution in [1.29, 1.82) is 0 Å². The second-order valence-electron chi connectivity index (χ2n) is 7.12. The molecule has 4 rings (SSSR count). The summed E-state index contributed by atoms with van der Waals surface area (Å²) in [5.41, 5.74) is 5.73. The number of nitrogens with zero attached hydrogens (tertiary/aromatic N) is 1. The maximum absolute atomic E-state index is 12.9. The van der Waals surface area contributed by atoms with E-state index in [4.69, 9.17) is 0 Å². The molecule has 0 unspecified atom stereocenters. The molecule has 162 valence electrons. The number of amides is 1. The molecule has 32 heavy (non-hydrogen) atoms. The first-order valence-corrected chi connectivity index (χ1v) is 13.4. The van der Waals surface area contributed by atoms with Gasteiger partial charge in [-0.25, -0.2) is 4.98 Å². The van der Waals surface area contributed by atoms with Crippen LogP contribution < -0.4 is 5.32 Å². The third kappa shape index (κ3) is 4.77. The molecular weight excluding hydrogens is 453 g/mol. The number of rotatable bonds is 9.